The molecule has 0 atom stereocenters. The van der Waals surface area contributed by atoms with E-state index in [-0.39, 0.29) is 33.9 Å². The largest absolute Gasteiger partial charge is 0.416 e. The number of piperidine rings is 1. The summed E-state index contributed by atoms with van der Waals surface area (Å²) >= 11 is 0. The molecule has 3 aromatic carbocycles. The summed E-state index contributed by atoms with van der Waals surface area (Å²) in [6.07, 6.45) is -0.549. The van der Waals surface area contributed by atoms with E-state index in [1.165, 1.54) is 18.2 Å². The van der Waals surface area contributed by atoms with Gasteiger partial charge in [-0.2, -0.15) is 13.2 Å². The van der Waals surface area contributed by atoms with Gasteiger partial charge in [-0.25, -0.2) is 0 Å². The molecule has 0 saturated carbocycles. The van der Waals surface area contributed by atoms with Crippen LogP contribution in [0.5, 0.6) is 0 Å². The molecule has 7 nitrogen and oxygen atoms in total. The number of nitrogens with zero attached hydrogens (tertiary/aromatic N) is 2. The van der Waals surface area contributed by atoms with Gasteiger partial charge in [0.1, 0.15) is 0 Å². The molecule has 0 bridgehead atoms. The Balaban J connectivity index is 1.48. The fourth-order valence-corrected chi connectivity index (χ4v) is 5.39. The Morgan fingerprint density at radius 3 is 2.40 bits per heavy atom. The van der Waals surface area contributed by atoms with E-state index in [2.05, 4.69) is 15.2 Å². The lowest BCUT2D eigenvalue weighted by Crippen LogP contribution is -2.29. The van der Waals surface area contributed by atoms with E-state index < -0.39 is 23.4 Å². The van der Waals surface area contributed by atoms with Crippen LogP contribution in [-0.4, -0.2) is 54.2 Å². The number of carbonyl (C=O) groups is 3. The Kier molecular flexibility index (Phi) is 8.57. The van der Waals surface area contributed by atoms with Crippen LogP contribution < -0.4 is 10.2 Å². The number of aromatic amines is 1. The number of rotatable bonds is 8. The second-order valence-electron chi connectivity index (χ2n) is 10.9. The SMILES string of the molecule is CCCN(C)C(=O)c1cccc(C(=O)Nc2ccc(N3CCCCC3)cc2C(=O)c2cc3ccc(C(F)(F)F)cc3[nH]2)c1. The monoisotopic (exact) mass is 590 g/mol. The number of alkyl halides is 3. The van der Waals surface area contributed by atoms with Crippen LogP contribution in [0.2, 0.25) is 0 Å². The molecular weight excluding hydrogens is 557 g/mol. The summed E-state index contributed by atoms with van der Waals surface area (Å²) in [4.78, 5) is 46.6. The Bertz CT molecular complexity index is 1670. The van der Waals surface area contributed by atoms with Crippen LogP contribution in [0, 0.1) is 0 Å². The zero-order valence-corrected chi connectivity index (χ0v) is 24.1. The van der Waals surface area contributed by atoms with Gasteiger partial charge >= 0.3 is 6.18 Å². The van der Waals surface area contributed by atoms with E-state index in [0.717, 1.165) is 56.6 Å². The number of fused-ring (bicyclic) bond motifs is 1. The lowest BCUT2D eigenvalue weighted by molar-refractivity contribution is -0.137. The third kappa shape index (κ3) is 6.58. The fraction of sp³-hybridized carbons (Fsp3) is 0.303. The zero-order chi connectivity index (χ0) is 30.7. The van der Waals surface area contributed by atoms with Crippen LogP contribution >= 0.6 is 0 Å². The maximum absolute atomic E-state index is 13.9. The first kappa shape index (κ1) is 29.9. The Morgan fingerprint density at radius 2 is 1.67 bits per heavy atom. The summed E-state index contributed by atoms with van der Waals surface area (Å²) in [5.74, 6) is -1.17. The normalized spacial score (nSPS) is 13.7. The Labute approximate surface area is 247 Å². The van der Waals surface area contributed by atoms with Crippen molar-refractivity contribution in [1.29, 1.82) is 0 Å². The predicted octanol–water partition coefficient (Wildman–Crippen LogP) is 7.14. The average molecular weight is 591 g/mol. The van der Waals surface area contributed by atoms with Gasteiger partial charge < -0.3 is 20.1 Å². The van der Waals surface area contributed by atoms with Gasteiger partial charge in [0.05, 0.1) is 16.9 Å². The number of hydrogen-bond donors (Lipinski definition) is 2. The second kappa shape index (κ2) is 12.3. The molecule has 1 saturated heterocycles. The lowest BCUT2D eigenvalue weighted by Gasteiger charge is -2.29. The van der Waals surface area contributed by atoms with E-state index in [9.17, 15) is 27.6 Å². The first-order chi connectivity index (χ1) is 20.5. The molecule has 4 aromatic rings. The van der Waals surface area contributed by atoms with Crippen LogP contribution in [0.4, 0.5) is 24.5 Å². The molecule has 0 radical (unpaired) electrons. The van der Waals surface area contributed by atoms with Gasteiger partial charge in [0.15, 0.2) is 0 Å². The minimum absolute atomic E-state index is 0.104. The first-order valence-electron chi connectivity index (χ1n) is 14.4. The summed E-state index contributed by atoms with van der Waals surface area (Å²) in [5, 5.41) is 3.29. The quantitative estimate of drug-likeness (QED) is 0.214. The predicted molar refractivity (Wildman–Crippen MR) is 161 cm³/mol. The van der Waals surface area contributed by atoms with Gasteiger partial charge in [-0.1, -0.05) is 19.1 Å². The topological polar surface area (TPSA) is 85.5 Å². The first-order valence-corrected chi connectivity index (χ1v) is 14.4. The Morgan fingerprint density at radius 1 is 0.930 bits per heavy atom. The van der Waals surface area contributed by atoms with Crippen molar-refractivity contribution in [3.05, 3.63) is 94.7 Å². The molecule has 5 rings (SSSR count). The zero-order valence-electron chi connectivity index (χ0n) is 24.1. The van der Waals surface area contributed by atoms with Crippen LogP contribution in [-0.2, 0) is 6.18 Å². The molecule has 2 N–H and O–H groups in total. The van der Waals surface area contributed by atoms with Crippen molar-refractivity contribution in [3.8, 4) is 0 Å². The van der Waals surface area contributed by atoms with Gasteiger partial charge in [0.2, 0.25) is 5.78 Å². The van der Waals surface area contributed by atoms with Gasteiger partial charge in [-0.05, 0) is 80.3 Å². The highest BCUT2D eigenvalue weighted by Gasteiger charge is 2.31. The molecule has 224 valence electrons. The highest BCUT2D eigenvalue weighted by atomic mass is 19.4. The van der Waals surface area contributed by atoms with Gasteiger partial charge in [0, 0.05) is 60.0 Å². The van der Waals surface area contributed by atoms with Gasteiger partial charge in [0.25, 0.3) is 11.8 Å². The fourth-order valence-electron chi connectivity index (χ4n) is 5.39. The van der Waals surface area contributed by atoms with Crippen molar-refractivity contribution in [3.63, 3.8) is 0 Å². The highest BCUT2D eigenvalue weighted by molar-refractivity contribution is 6.16. The number of benzene rings is 3. The molecule has 43 heavy (non-hydrogen) atoms. The third-order valence-electron chi connectivity index (χ3n) is 7.69. The minimum atomic E-state index is -4.52. The summed E-state index contributed by atoms with van der Waals surface area (Å²) in [6, 6.07) is 16.4. The van der Waals surface area contributed by atoms with E-state index in [1.54, 1.807) is 42.3 Å². The molecule has 0 unspecified atom stereocenters. The van der Waals surface area contributed by atoms with Crippen molar-refractivity contribution in [2.75, 3.05) is 36.9 Å². The van der Waals surface area contributed by atoms with Crippen LogP contribution in [0.25, 0.3) is 10.9 Å². The van der Waals surface area contributed by atoms with Crippen LogP contribution in [0.1, 0.15) is 74.9 Å². The molecule has 2 heterocycles. The maximum Gasteiger partial charge on any atom is 0.416 e. The molecular formula is C33H33F3N4O3. The van der Waals surface area contributed by atoms with Gasteiger partial charge in [-0.15, -0.1) is 0 Å². The van der Waals surface area contributed by atoms with E-state index in [0.29, 0.717) is 17.5 Å². The second-order valence-corrected chi connectivity index (χ2v) is 10.9. The van der Waals surface area contributed by atoms with Crippen molar-refractivity contribution in [2.24, 2.45) is 0 Å². The van der Waals surface area contributed by atoms with E-state index in [4.69, 9.17) is 0 Å². The number of hydrogen-bond acceptors (Lipinski definition) is 4. The summed E-state index contributed by atoms with van der Waals surface area (Å²) in [6.45, 7) is 4.21. The van der Waals surface area contributed by atoms with Crippen LogP contribution in [0.15, 0.2) is 66.7 Å². The van der Waals surface area contributed by atoms with Crippen LogP contribution in [0.3, 0.4) is 0 Å². The van der Waals surface area contributed by atoms with Crippen molar-refractivity contribution in [1.82, 2.24) is 9.88 Å². The molecule has 0 spiro atoms. The molecule has 1 aliphatic heterocycles. The number of halogens is 3. The van der Waals surface area contributed by atoms with E-state index >= 15 is 0 Å². The number of aromatic nitrogens is 1. The van der Waals surface area contributed by atoms with Crippen molar-refractivity contribution < 1.29 is 27.6 Å². The summed E-state index contributed by atoms with van der Waals surface area (Å²) < 4.78 is 39.8. The molecule has 2 amide bonds. The number of amides is 2. The number of H-pyrrole nitrogens is 1. The highest BCUT2D eigenvalue weighted by Crippen LogP contribution is 2.33. The summed E-state index contributed by atoms with van der Waals surface area (Å²) in [7, 11) is 1.70. The Hall–Kier alpha value is -4.60. The number of ketones is 1. The maximum atomic E-state index is 13.9. The number of anilines is 2. The smallest absolute Gasteiger partial charge is 0.372 e. The van der Waals surface area contributed by atoms with E-state index in [1.807, 2.05) is 13.0 Å². The molecule has 1 aromatic heterocycles. The third-order valence-corrected chi connectivity index (χ3v) is 7.69. The lowest BCUT2D eigenvalue weighted by atomic mass is 10.0. The number of carbonyl (C=O) groups excluding carboxylic acids is 3. The minimum Gasteiger partial charge on any atom is -0.372 e. The number of nitrogens with one attached hydrogen (secondary N) is 2. The van der Waals surface area contributed by atoms with Gasteiger partial charge in [-0.3, -0.25) is 14.4 Å². The molecule has 1 fully saturated rings. The molecule has 1 aliphatic rings. The molecule has 10 heteroatoms. The average Bonchev–Trinajstić information content (AvgIpc) is 3.44. The summed E-state index contributed by atoms with van der Waals surface area (Å²) in [5.41, 5.74) is 1.37. The van der Waals surface area contributed by atoms with Crippen molar-refractivity contribution in [2.45, 2.75) is 38.8 Å². The van der Waals surface area contributed by atoms with Crippen molar-refractivity contribution >= 4 is 39.9 Å². The molecule has 0 aliphatic carbocycles. The standard InChI is InChI=1S/C33H33F3N4O3/c1-3-14-39(2)32(43)23-9-7-8-22(17-23)31(42)38-27-13-12-25(40-15-5-4-6-16-40)20-26(27)30(41)29-18-21-10-11-24(33(34,35)36)19-28(21)37-29/h7-13,17-20,37H,3-6,14-16H2,1-2H3,(H,38,42).